The molecule has 0 radical (unpaired) electrons. The van der Waals surface area contributed by atoms with E-state index in [0.29, 0.717) is 40.2 Å². The molecule has 1 amide bonds. The van der Waals surface area contributed by atoms with Crippen molar-refractivity contribution in [3.05, 3.63) is 112 Å². The van der Waals surface area contributed by atoms with Crippen LogP contribution in [0, 0.1) is 5.82 Å². The number of hydrogen-bond acceptors (Lipinski definition) is 9. The number of nitrogens with zero attached hydrogens (tertiary/aromatic N) is 4. The number of ether oxygens (including phenoxy) is 3. The van der Waals surface area contributed by atoms with E-state index >= 15 is 0 Å². The topological polar surface area (TPSA) is 115 Å². The third-order valence-electron chi connectivity index (χ3n) is 9.94. The second kappa shape index (κ2) is 14.6. The SMILES string of the molecule is COC1NNc2ccc(NC(=O)c3ccc4c(c3)nc(CN3CCC(c5cccc(OCc6ccc(Cl)cc6F)n5)CC3)n4C[C@@H]3CCO3)cc21. The largest absolute Gasteiger partial charge is 0.473 e. The first-order valence-corrected chi connectivity index (χ1v) is 17.6. The molecular weight excluding hydrogens is 673 g/mol. The fourth-order valence-electron chi connectivity index (χ4n) is 6.97. The van der Waals surface area contributed by atoms with Gasteiger partial charge in [-0.3, -0.25) is 9.69 Å². The molecule has 2 atom stereocenters. The molecule has 3 N–H and O–H groups in total. The third kappa shape index (κ3) is 7.28. The summed E-state index contributed by atoms with van der Waals surface area (Å²) in [6, 6.07) is 21.8. The Morgan fingerprint density at radius 1 is 1.06 bits per heavy atom. The highest BCUT2D eigenvalue weighted by Crippen LogP contribution is 2.32. The van der Waals surface area contributed by atoms with Gasteiger partial charge >= 0.3 is 0 Å². The summed E-state index contributed by atoms with van der Waals surface area (Å²) in [4.78, 5) is 25.6. The molecule has 0 saturated carbocycles. The number of methoxy groups -OCH3 is 1. The second-order valence-corrected chi connectivity index (χ2v) is 13.7. The van der Waals surface area contributed by atoms with Gasteiger partial charge in [0.2, 0.25) is 5.88 Å². The summed E-state index contributed by atoms with van der Waals surface area (Å²) in [5, 5.41) is 3.38. The van der Waals surface area contributed by atoms with E-state index in [9.17, 15) is 9.18 Å². The Morgan fingerprint density at radius 3 is 2.71 bits per heavy atom. The zero-order valence-corrected chi connectivity index (χ0v) is 29.0. The molecule has 5 aromatic rings. The molecule has 3 aliphatic rings. The maximum absolute atomic E-state index is 14.2. The zero-order valence-electron chi connectivity index (χ0n) is 28.2. The normalized spacial score (nSPS) is 19.0. The molecule has 8 rings (SSSR count). The molecule has 0 bridgehead atoms. The molecule has 3 aliphatic heterocycles. The summed E-state index contributed by atoms with van der Waals surface area (Å²) in [5.41, 5.74) is 12.4. The predicted molar refractivity (Wildman–Crippen MR) is 192 cm³/mol. The van der Waals surface area contributed by atoms with E-state index in [4.69, 9.17) is 35.8 Å². The lowest BCUT2D eigenvalue weighted by Crippen LogP contribution is -2.35. The zero-order chi connectivity index (χ0) is 34.9. The van der Waals surface area contributed by atoms with Gasteiger partial charge in [0.15, 0.2) is 6.23 Å². The van der Waals surface area contributed by atoms with Crippen LogP contribution >= 0.6 is 11.6 Å². The first-order chi connectivity index (χ1) is 24.9. The summed E-state index contributed by atoms with van der Waals surface area (Å²) in [5.74, 6) is 1.13. The van der Waals surface area contributed by atoms with Crippen LogP contribution in [0.2, 0.25) is 5.02 Å². The number of hydrazine groups is 1. The van der Waals surface area contributed by atoms with Gasteiger partial charge in [-0.25, -0.2) is 19.8 Å². The van der Waals surface area contributed by atoms with E-state index in [-0.39, 0.29) is 24.8 Å². The van der Waals surface area contributed by atoms with Gasteiger partial charge in [0.05, 0.1) is 35.9 Å². The molecule has 264 valence electrons. The molecule has 11 nitrogen and oxygen atoms in total. The molecule has 0 spiro atoms. The van der Waals surface area contributed by atoms with Crippen LogP contribution in [0.3, 0.4) is 0 Å². The molecule has 1 unspecified atom stereocenters. The number of likely N-dealkylation sites (tertiary alicyclic amines) is 1. The van der Waals surface area contributed by atoms with Crippen molar-refractivity contribution in [2.45, 2.75) is 57.2 Å². The van der Waals surface area contributed by atoms with Crippen molar-refractivity contribution in [1.82, 2.24) is 24.9 Å². The summed E-state index contributed by atoms with van der Waals surface area (Å²) in [6.45, 7) is 4.05. The maximum Gasteiger partial charge on any atom is 0.255 e. The van der Waals surface area contributed by atoms with Crippen molar-refractivity contribution >= 4 is 39.9 Å². The molecule has 3 aromatic carbocycles. The number of carbonyl (C=O) groups is 1. The fourth-order valence-corrected chi connectivity index (χ4v) is 7.13. The van der Waals surface area contributed by atoms with Gasteiger partial charge in [-0.1, -0.05) is 23.7 Å². The van der Waals surface area contributed by atoms with Gasteiger partial charge in [0.25, 0.3) is 5.91 Å². The fraction of sp³-hybridized carbons (Fsp3) is 0.342. The highest BCUT2D eigenvalue weighted by Gasteiger charge is 2.27. The van der Waals surface area contributed by atoms with Gasteiger partial charge in [-0.15, -0.1) is 0 Å². The van der Waals surface area contributed by atoms with Crippen molar-refractivity contribution in [3.63, 3.8) is 0 Å². The first-order valence-electron chi connectivity index (χ1n) is 17.3. The van der Waals surface area contributed by atoms with Crippen molar-refractivity contribution in [2.75, 3.05) is 37.5 Å². The Labute approximate surface area is 300 Å². The maximum atomic E-state index is 14.2. The molecule has 5 heterocycles. The number of anilines is 2. The minimum absolute atomic E-state index is 0.0800. The lowest BCUT2D eigenvalue weighted by Gasteiger charge is -2.32. The van der Waals surface area contributed by atoms with E-state index < -0.39 is 5.82 Å². The van der Waals surface area contributed by atoms with Crippen molar-refractivity contribution in [1.29, 1.82) is 0 Å². The number of imidazole rings is 1. The van der Waals surface area contributed by atoms with Crippen LogP contribution in [0.15, 0.2) is 72.8 Å². The monoisotopic (exact) mass is 711 g/mol. The molecule has 2 aromatic heterocycles. The molecule has 2 saturated heterocycles. The summed E-state index contributed by atoms with van der Waals surface area (Å²) in [6.07, 6.45) is 2.77. The number of fused-ring (bicyclic) bond motifs is 2. The van der Waals surface area contributed by atoms with Crippen LogP contribution < -0.4 is 20.9 Å². The number of halogens is 2. The van der Waals surface area contributed by atoms with Crippen molar-refractivity contribution < 1.29 is 23.4 Å². The molecule has 2 fully saturated rings. The quantitative estimate of drug-likeness (QED) is 0.136. The first kappa shape index (κ1) is 33.5. The van der Waals surface area contributed by atoms with E-state index in [1.165, 1.54) is 6.07 Å². The number of benzene rings is 3. The van der Waals surface area contributed by atoms with Gasteiger partial charge < -0.3 is 29.5 Å². The second-order valence-electron chi connectivity index (χ2n) is 13.2. The Bertz CT molecular complexity index is 2060. The highest BCUT2D eigenvalue weighted by atomic mass is 35.5. The number of piperidine rings is 1. The lowest BCUT2D eigenvalue weighted by atomic mass is 9.93. The van der Waals surface area contributed by atoms with E-state index in [0.717, 1.165) is 79.3 Å². The smallest absolute Gasteiger partial charge is 0.255 e. The predicted octanol–water partition coefficient (Wildman–Crippen LogP) is 6.80. The summed E-state index contributed by atoms with van der Waals surface area (Å²) < 4.78 is 33.6. The Balaban J connectivity index is 0.933. The highest BCUT2D eigenvalue weighted by molar-refractivity contribution is 6.30. The molecule has 13 heteroatoms. The van der Waals surface area contributed by atoms with Crippen LogP contribution in [-0.4, -0.2) is 58.3 Å². The Hall–Kier alpha value is -4.59. The number of nitrogens with one attached hydrogen (secondary N) is 3. The van der Waals surface area contributed by atoms with Gasteiger partial charge in [0, 0.05) is 58.8 Å². The van der Waals surface area contributed by atoms with Crippen LogP contribution in [-0.2, 0) is 29.2 Å². The summed E-state index contributed by atoms with van der Waals surface area (Å²) >= 11 is 5.88. The average Bonchev–Trinajstić information content (AvgIpc) is 3.69. The number of amides is 1. The van der Waals surface area contributed by atoms with Gasteiger partial charge in [-0.05, 0) is 86.9 Å². The minimum atomic E-state index is -0.395. The van der Waals surface area contributed by atoms with Crippen LogP contribution in [0.5, 0.6) is 5.88 Å². The van der Waals surface area contributed by atoms with Crippen molar-refractivity contribution in [2.24, 2.45) is 0 Å². The van der Waals surface area contributed by atoms with Gasteiger partial charge in [0.1, 0.15) is 18.2 Å². The molecule has 51 heavy (non-hydrogen) atoms. The molecular formula is C38H39ClFN7O4. The van der Waals surface area contributed by atoms with E-state index in [1.807, 2.05) is 48.5 Å². The lowest BCUT2D eigenvalue weighted by molar-refractivity contribution is -0.0592. The van der Waals surface area contributed by atoms with Crippen LogP contribution in [0.25, 0.3) is 11.0 Å². The summed E-state index contributed by atoms with van der Waals surface area (Å²) in [7, 11) is 1.63. The van der Waals surface area contributed by atoms with Crippen molar-refractivity contribution in [3.8, 4) is 5.88 Å². The number of rotatable bonds is 11. The standard InChI is InChI=1S/C38H39ClFN7O4/c1-49-38-29-19-27(8-9-32(29)44-45-38)41-37(48)24-6-10-34-33(17-24)42-35(47(34)20-28-13-16-50-28)21-46-14-11-23(12-15-46)31-3-2-4-36(43-31)51-22-25-5-7-26(39)18-30(25)40/h2-10,17-19,23,28,38,44-45H,11-16,20-22H2,1H3,(H,41,48)/t28-,38?/m0/s1. The number of pyridine rings is 1. The van der Waals surface area contributed by atoms with E-state index in [2.05, 4.69) is 25.6 Å². The Morgan fingerprint density at radius 2 is 1.92 bits per heavy atom. The number of aromatic nitrogens is 3. The molecule has 0 aliphatic carbocycles. The minimum Gasteiger partial charge on any atom is -0.473 e. The van der Waals surface area contributed by atoms with Gasteiger partial charge in [-0.2, -0.15) is 0 Å². The number of hydrogen-bond donors (Lipinski definition) is 3. The third-order valence-corrected chi connectivity index (χ3v) is 10.2. The average molecular weight is 712 g/mol. The van der Waals surface area contributed by atoms with Crippen LogP contribution in [0.1, 0.15) is 64.4 Å². The van der Waals surface area contributed by atoms with E-state index in [1.54, 1.807) is 25.3 Å². The number of carbonyl (C=O) groups excluding carboxylic acids is 1. The van der Waals surface area contributed by atoms with Crippen LogP contribution in [0.4, 0.5) is 15.8 Å². The Kier molecular flexibility index (Phi) is 9.58.